The van der Waals surface area contributed by atoms with Gasteiger partial charge in [0.25, 0.3) is 0 Å². The smallest absolute Gasteiger partial charge is 0.118 e. The zero-order chi connectivity index (χ0) is 13.0. The van der Waals surface area contributed by atoms with Crippen molar-refractivity contribution in [1.82, 2.24) is 0 Å². The minimum absolute atomic E-state index is 0.324. The molecule has 0 aliphatic carbocycles. The second kappa shape index (κ2) is 6.39. The number of methoxy groups -OCH3 is 1. The molecule has 0 N–H and O–H groups in total. The SMILES string of the molecule is COc1ccc(C(Br)Cc2ccc(Br)cc2)cc1. The third-order valence-electron chi connectivity index (χ3n) is 2.81. The summed E-state index contributed by atoms with van der Waals surface area (Å²) < 4.78 is 6.27. The topological polar surface area (TPSA) is 9.23 Å². The summed E-state index contributed by atoms with van der Waals surface area (Å²) >= 11 is 7.18. The van der Waals surface area contributed by atoms with Crippen molar-refractivity contribution in [3.05, 3.63) is 64.1 Å². The lowest BCUT2D eigenvalue weighted by Gasteiger charge is -2.11. The highest BCUT2D eigenvalue weighted by molar-refractivity contribution is 9.10. The Balaban J connectivity index is 2.06. The van der Waals surface area contributed by atoms with Crippen LogP contribution >= 0.6 is 31.9 Å². The van der Waals surface area contributed by atoms with E-state index in [2.05, 4.69) is 68.3 Å². The fourth-order valence-corrected chi connectivity index (χ4v) is 2.70. The molecule has 2 aromatic rings. The lowest BCUT2D eigenvalue weighted by atomic mass is 10.0. The van der Waals surface area contributed by atoms with E-state index in [9.17, 15) is 0 Å². The molecule has 0 amide bonds. The summed E-state index contributed by atoms with van der Waals surface area (Å²) in [6.07, 6.45) is 0.972. The fourth-order valence-electron chi connectivity index (χ4n) is 1.76. The molecule has 0 saturated heterocycles. The van der Waals surface area contributed by atoms with Crippen molar-refractivity contribution in [2.24, 2.45) is 0 Å². The predicted molar refractivity (Wildman–Crippen MR) is 82.5 cm³/mol. The highest BCUT2D eigenvalue weighted by Crippen LogP contribution is 2.28. The molecule has 0 spiro atoms. The van der Waals surface area contributed by atoms with Gasteiger partial charge in [0, 0.05) is 9.30 Å². The van der Waals surface area contributed by atoms with Gasteiger partial charge in [-0.15, -0.1) is 0 Å². The van der Waals surface area contributed by atoms with Crippen molar-refractivity contribution < 1.29 is 4.74 Å². The van der Waals surface area contributed by atoms with Gasteiger partial charge in [-0.25, -0.2) is 0 Å². The summed E-state index contributed by atoms with van der Waals surface area (Å²) in [5.74, 6) is 0.891. The molecule has 0 aliphatic heterocycles. The van der Waals surface area contributed by atoms with E-state index >= 15 is 0 Å². The summed E-state index contributed by atoms with van der Waals surface area (Å²) in [5, 5.41) is 0. The van der Waals surface area contributed by atoms with Crippen LogP contribution in [0.4, 0.5) is 0 Å². The summed E-state index contributed by atoms with van der Waals surface area (Å²) in [6, 6.07) is 16.6. The molecule has 0 aromatic heterocycles. The first-order valence-electron chi connectivity index (χ1n) is 5.71. The summed E-state index contributed by atoms with van der Waals surface area (Å²) in [4.78, 5) is 0.324. The Morgan fingerprint density at radius 1 is 1.00 bits per heavy atom. The van der Waals surface area contributed by atoms with Crippen molar-refractivity contribution >= 4 is 31.9 Å². The molecule has 18 heavy (non-hydrogen) atoms. The van der Waals surface area contributed by atoms with Gasteiger partial charge in [-0.05, 0) is 41.8 Å². The van der Waals surface area contributed by atoms with Crippen molar-refractivity contribution in [2.45, 2.75) is 11.2 Å². The van der Waals surface area contributed by atoms with Crippen LogP contribution in [-0.4, -0.2) is 7.11 Å². The third-order valence-corrected chi connectivity index (χ3v) is 4.19. The molecule has 0 aliphatic rings. The Hall–Kier alpha value is -0.800. The Bertz CT molecular complexity index is 491. The van der Waals surface area contributed by atoms with Gasteiger partial charge in [-0.1, -0.05) is 56.1 Å². The maximum Gasteiger partial charge on any atom is 0.118 e. The van der Waals surface area contributed by atoms with Gasteiger partial charge < -0.3 is 4.74 Å². The first-order chi connectivity index (χ1) is 8.69. The second-order valence-corrected chi connectivity index (χ2v) is 6.09. The van der Waals surface area contributed by atoms with Crippen molar-refractivity contribution in [1.29, 1.82) is 0 Å². The molecule has 0 bridgehead atoms. The molecule has 0 radical (unpaired) electrons. The van der Waals surface area contributed by atoms with Gasteiger partial charge in [-0.3, -0.25) is 0 Å². The van der Waals surface area contributed by atoms with Crippen LogP contribution in [0, 0.1) is 0 Å². The van der Waals surface area contributed by atoms with E-state index in [0.717, 1.165) is 16.6 Å². The molecule has 0 heterocycles. The first kappa shape index (κ1) is 13.6. The molecular weight excluding hydrogens is 356 g/mol. The summed E-state index contributed by atoms with van der Waals surface area (Å²) in [5.41, 5.74) is 2.58. The minimum atomic E-state index is 0.324. The molecule has 3 heteroatoms. The fraction of sp³-hybridized carbons (Fsp3) is 0.200. The van der Waals surface area contributed by atoms with Crippen LogP contribution in [0.1, 0.15) is 16.0 Å². The Morgan fingerprint density at radius 2 is 1.61 bits per heavy atom. The molecule has 94 valence electrons. The lowest BCUT2D eigenvalue weighted by molar-refractivity contribution is 0.414. The highest BCUT2D eigenvalue weighted by atomic mass is 79.9. The van der Waals surface area contributed by atoms with Gasteiger partial charge in [0.1, 0.15) is 5.75 Å². The standard InChI is InChI=1S/C15H14Br2O/c1-18-14-8-4-12(5-9-14)15(17)10-11-2-6-13(16)7-3-11/h2-9,15H,10H2,1H3. The van der Waals surface area contributed by atoms with E-state index < -0.39 is 0 Å². The first-order valence-corrected chi connectivity index (χ1v) is 7.42. The number of benzene rings is 2. The van der Waals surface area contributed by atoms with Gasteiger partial charge in [0.15, 0.2) is 0 Å². The summed E-state index contributed by atoms with van der Waals surface area (Å²) in [7, 11) is 1.68. The van der Waals surface area contributed by atoms with Crippen LogP contribution in [0.15, 0.2) is 53.0 Å². The van der Waals surface area contributed by atoms with Crippen molar-refractivity contribution in [3.8, 4) is 5.75 Å². The average Bonchev–Trinajstić information content (AvgIpc) is 2.41. The van der Waals surface area contributed by atoms with Crippen LogP contribution in [0.3, 0.4) is 0 Å². The lowest BCUT2D eigenvalue weighted by Crippen LogP contribution is -1.95. The van der Waals surface area contributed by atoms with Crippen LogP contribution in [-0.2, 0) is 6.42 Å². The number of hydrogen-bond acceptors (Lipinski definition) is 1. The molecule has 2 aromatic carbocycles. The molecule has 0 saturated carbocycles. The normalized spacial score (nSPS) is 12.2. The quantitative estimate of drug-likeness (QED) is 0.678. The van der Waals surface area contributed by atoms with Gasteiger partial charge in [0.05, 0.1) is 7.11 Å². The van der Waals surface area contributed by atoms with Gasteiger partial charge >= 0.3 is 0 Å². The zero-order valence-corrected chi connectivity index (χ0v) is 13.2. The van der Waals surface area contributed by atoms with E-state index in [-0.39, 0.29) is 0 Å². The van der Waals surface area contributed by atoms with Crippen molar-refractivity contribution in [2.75, 3.05) is 7.11 Å². The highest BCUT2D eigenvalue weighted by Gasteiger charge is 2.08. The van der Waals surface area contributed by atoms with E-state index in [1.165, 1.54) is 11.1 Å². The zero-order valence-electron chi connectivity index (χ0n) is 10.1. The number of ether oxygens (including phenoxy) is 1. The van der Waals surface area contributed by atoms with Crippen LogP contribution in [0.2, 0.25) is 0 Å². The Kier molecular flexibility index (Phi) is 4.84. The molecule has 1 nitrogen and oxygen atoms in total. The Morgan fingerprint density at radius 3 is 2.17 bits per heavy atom. The maximum absolute atomic E-state index is 5.16. The number of rotatable bonds is 4. The summed E-state index contributed by atoms with van der Waals surface area (Å²) in [6.45, 7) is 0. The number of alkyl halides is 1. The van der Waals surface area contributed by atoms with Gasteiger partial charge in [-0.2, -0.15) is 0 Å². The monoisotopic (exact) mass is 368 g/mol. The minimum Gasteiger partial charge on any atom is -0.497 e. The number of halogens is 2. The Labute approximate surface area is 124 Å². The van der Waals surface area contributed by atoms with E-state index in [4.69, 9.17) is 4.74 Å². The molecule has 1 atom stereocenters. The van der Waals surface area contributed by atoms with E-state index in [0.29, 0.717) is 4.83 Å². The van der Waals surface area contributed by atoms with Gasteiger partial charge in [0.2, 0.25) is 0 Å². The van der Waals surface area contributed by atoms with E-state index in [1.54, 1.807) is 7.11 Å². The van der Waals surface area contributed by atoms with E-state index in [1.807, 2.05) is 12.1 Å². The molecule has 0 fully saturated rings. The van der Waals surface area contributed by atoms with Crippen molar-refractivity contribution in [3.63, 3.8) is 0 Å². The largest absolute Gasteiger partial charge is 0.497 e. The third kappa shape index (κ3) is 3.59. The predicted octanol–water partition coefficient (Wildman–Crippen LogP) is 5.14. The molecule has 2 rings (SSSR count). The molecule has 1 unspecified atom stereocenters. The molecular formula is C15H14Br2O. The van der Waals surface area contributed by atoms with Crippen LogP contribution in [0.5, 0.6) is 5.75 Å². The van der Waals surface area contributed by atoms with Crippen LogP contribution < -0.4 is 4.74 Å². The average molecular weight is 370 g/mol. The second-order valence-electron chi connectivity index (χ2n) is 4.07. The number of hydrogen-bond donors (Lipinski definition) is 0. The van der Waals surface area contributed by atoms with Crippen LogP contribution in [0.25, 0.3) is 0 Å². The maximum atomic E-state index is 5.16.